The Morgan fingerprint density at radius 2 is 2.07 bits per heavy atom. The number of nitro groups is 1. The van der Waals surface area contributed by atoms with Gasteiger partial charge in [-0.2, -0.15) is 5.10 Å². The van der Waals surface area contributed by atoms with Crippen LogP contribution in [0.4, 0.5) is 11.4 Å². The van der Waals surface area contributed by atoms with Gasteiger partial charge in [-0.1, -0.05) is 0 Å². The van der Waals surface area contributed by atoms with E-state index in [4.69, 9.17) is 9.84 Å². The summed E-state index contributed by atoms with van der Waals surface area (Å²) < 4.78 is 6.63. The van der Waals surface area contributed by atoms with Crippen molar-refractivity contribution in [3.63, 3.8) is 0 Å². The van der Waals surface area contributed by atoms with Gasteiger partial charge in [-0.25, -0.2) is 0 Å². The average molecular weight is 383 g/mol. The number of carboxylic acids is 1. The van der Waals surface area contributed by atoms with Gasteiger partial charge < -0.3 is 15.2 Å². The highest BCUT2D eigenvalue weighted by molar-refractivity contribution is 6.04. The number of aromatic nitrogens is 3. The zero-order valence-electron chi connectivity index (χ0n) is 14.2. The van der Waals surface area contributed by atoms with Crippen molar-refractivity contribution in [2.45, 2.75) is 6.54 Å². The fourth-order valence-electron chi connectivity index (χ4n) is 2.27. The minimum absolute atomic E-state index is 0.0995. The summed E-state index contributed by atoms with van der Waals surface area (Å²) in [4.78, 5) is 37.5. The fourth-order valence-corrected chi connectivity index (χ4v) is 2.27. The van der Waals surface area contributed by atoms with Crippen LogP contribution in [0.1, 0.15) is 10.4 Å². The molecule has 28 heavy (non-hydrogen) atoms. The van der Waals surface area contributed by atoms with E-state index < -0.39 is 23.3 Å². The average Bonchev–Trinajstić information content (AvgIpc) is 3.10. The minimum Gasteiger partial charge on any atom is -0.480 e. The predicted octanol–water partition coefficient (Wildman–Crippen LogP) is 2.32. The molecule has 0 saturated carbocycles. The number of pyridine rings is 1. The summed E-state index contributed by atoms with van der Waals surface area (Å²) in [7, 11) is 0. The minimum atomic E-state index is -1.11. The number of carbonyl (C=O) groups excluding carboxylic acids is 1. The molecule has 0 unspecified atom stereocenters. The molecule has 0 fully saturated rings. The van der Waals surface area contributed by atoms with E-state index in [1.807, 2.05) is 0 Å². The van der Waals surface area contributed by atoms with Gasteiger partial charge in [0.25, 0.3) is 11.6 Å². The number of anilines is 1. The van der Waals surface area contributed by atoms with Crippen LogP contribution in [0.15, 0.2) is 55.1 Å². The lowest BCUT2D eigenvalue weighted by Gasteiger charge is -2.08. The number of amides is 1. The second kappa shape index (κ2) is 7.95. The largest absolute Gasteiger partial charge is 0.480 e. The summed E-state index contributed by atoms with van der Waals surface area (Å²) in [5.41, 5.74) is -0.0511. The summed E-state index contributed by atoms with van der Waals surface area (Å²) >= 11 is 0. The number of benzene rings is 1. The smallest absolute Gasteiger partial charge is 0.325 e. The van der Waals surface area contributed by atoms with Crippen LogP contribution in [0.3, 0.4) is 0 Å². The van der Waals surface area contributed by atoms with Crippen LogP contribution < -0.4 is 10.1 Å². The van der Waals surface area contributed by atoms with E-state index in [0.29, 0.717) is 5.75 Å². The topological polar surface area (TPSA) is 149 Å². The molecule has 11 heteroatoms. The van der Waals surface area contributed by atoms with Crippen LogP contribution in [-0.2, 0) is 11.3 Å². The van der Waals surface area contributed by atoms with E-state index in [1.165, 1.54) is 36.8 Å². The second-order valence-electron chi connectivity index (χ2n) is 5.54. The maximum atomic E-state index is 12.3. The van der Waals surface area contributed by atoms with E-state index in [-0.39, 0.29) is 22.7 Å². The van der Waals surface area contributed by atoms with E-state index in [1.54, 1.807) is 18.3 Å². The highest BCUT2D eigenvalue weighted by Crippen LogP contribution is 2.29. The summed E-state index contributed by atoms with van der Waals surface area (Å²) in [5, 5.41) is 26.2. The van der Waals surface area contributed by atoms with E-state index in [2.05, 4.69) is 15.4 Å². The van der Waals surface area contributed by atoms with Crippen LogP contribution in [0.25, 0.3) is 0 Å². The number of aliphatic carboxylic acids is 1. The van der Waals surface area contributed by atoms with Crippen molar-refractivity contribution >= 4 is 23.3 Å². The fraction of sp³-hybridized carbons (Fsp3) is 0.0588. The van der Waals surface area contributed by atoms with Gasteiger partial charge in [0.05, 0.1) is 34.6 Å². The lowest BCUT2D eigenvalue weighted by Crippen LogP contribution is -2.12. The zero-order chi connectivity index (χ0) is 20.1. The Balaban J connectivity index is 1.82. The first-order chi connectivity index (χ1) is 13.4. The molecule has 3 aromatic rings. The molecule has 2 N–H and O–H groups in total. The third kappa shape index (κ3) is 4.66. The number of nitrogens with zero attached hydrogens (tertiary/aromatic N) is 4. The number of nitrogens with one attached hydrogen (secondary N) is 1. The lowest BCUT2D eigenvalue weighted by molar-refractivity contribution is -0.384. The Morgan fingerprint density at radius 1 is 1.25 bits per heavy atom. The number of non-ortho nitro benzene ring substituents is 1. The van der Waals surface area contributed by atoms with Crippen molar-refractivity contribution in [3.05, 3.63) is 70.8 Å². The van der Waals surface area contributed by atoms with Crippen LogP contribution in [-0.4, -0.2) is 36.7 Å². The first-order valence-electron chi connectivity index (χ1n) is 7.83. The number of ether oxygens (including phenoxy) is 1. The van der Waals surface area contributed by atoms with Gasteiger partial charge in [0.15, 0.2) is 0 Å². The summed E-state index contributed by atoms with van der Waals surface area (Å²) in [6.45, 7) is -0.396. The molecule has 0 atom stereocenters. The molecule has 0 aliphatic rings. The third-order valence-electron chi connectivity index (χ3n) is 3.42. The Kier molecular flexibility index (Phi) is 5.25. The van der Waals surface area contributed by atoms with Crippen LogP contribution >= 0.6 is 0 Å². The molecule has 2 aromatic heterocycles. The van der Waals surface area contributed by atoms with Gasteiger partial charge in [0, 0.05) is 24.5 Å². The molecule has 142 valence electrons. The van der Waals surface area contributed by atoms with Gasteiger partial charge in [-0.3, -0.25) is 29.4 Å². The lowest BCUT2D eigenvalue weighted by atomic mass is 10.2. The standard InChI is InChI=1S/C17H13N5O6/c23-16(24)10-21-9-11(7-19-21)17(25)20-12-4-13(22(26)27)6-15(5-12)28-14-2-1-3-18-8-14/h1-9H,10H2,(H,20,25)(H,23,24). The summed E-state index contributed by atoms with van der Waals surface area (Å²) in [5.74, 6) is -1.20. The van der Waals surface area contributed by atoms with E-state index >= 15 is 0 Å². The molecule has 0 aliphatic carbocycles. The van der Waals surface area contributed by atoms with Crippen molar-refractivity contribution in [1.82, 2.24) is 14.8 Å². The van der Waals surface area contributed by atoms with Crippen LogP contribution in [0.5, 0.6) is 11.5 Å². The van der Waals surface area contributed by atoms with Crippen molar-refractivity contribution in [3.8, 4) is 11.5 Å². The summed E-state index contributed by atoms with van der Waals surface area (Å²) in [6.07, 6.45) is 5.45. The monoisotopic (exact) mass is 383 g/mol. The molecule has 1 amide bonds. The highest BCUT2D eigenvalue weighted by atomic mass is 16.6. The highest BCUT2D eigenvalue weighted by Gasteiger charge is 2.15. The van der Waals surface area contributed by atoms with Gasteiger partial charge in [0.2, 0.25) is 0 Å². The van der Waals surface area contributed by atoms with E-state index in [0.717, 1.165) is 4.68 Å². The predicted molar refractivity (Wildman–Crippen MR) is 95.2 cm³/mol. The molecule has 0 radical (unpaired) electrons. The number of carboxylic acid groups (broad SMARTS) is 1. The molecule has 0 spiro atoms. The van der Waals surface area contributed by atoms with Gasteiger partial charge in [-0.15, -0.1) is 0 Å². The molecule has 0 saturated heterocycles. The number of hydrogen-bond donors (Lipinski definition) is 2. The van der Waals surface area contributed by atoms with Crippen molar-refractivity contribution in [2.24, 2.45) is 0 Å². The molecule has 1 aromatic carbocycles. The quantitative estimate of drug-likeness (QED) is 0.466. The van der Waals surface area contributed by atoms with Crippen molar-refractivity contribution < 1.29 is 24.4 Å². The normalized spacial score (nSPS) is 10.3. The SMILES string of the molecule is O=C(O)Cn1cc(C(=O)Nc2cc(Oc3cccnc3)cc([N+](=O)[O-])c2)cn1. The number of rotatable bonds is 7. The first-order valence-corrected chi connectivity index (χ1v) is 7.83. The Hall–Kier alpha value is -4.28. The molecule has 0 bridgehead atoms. The number of carbonyl (C=O) groups is 2. The first kappa shape index (κ1) is 18.5. The van der Waals surface area contributed by atoms with E-state index in [9.17, 15) is 19.7 Å². The molecule has 2 heterocycles. The molecule has 3 rings (SSSR count). The Labute approximate surface area is 157 Å². The van der Waals surface area contributed by atoms with Crippen molar-refractivity contribution in [1.29, 1.82) is 0 Å². The van der Waals surface area contributed by atoms with Gasteiger partial charge >= 0.3 is 5.97 Å². The Bertz CT molecular complexity index is 1030. The van der Waals surface area contributed by atoms with Crippen LogP contribution in [0.2, 0.25) is 0 Å². The zero-order valence-corrected chi connectivity index (χ0v) is 14.2. The summed E-state index contributed by atoms with van der Waals surface area (Å²) in [6, 6.07) is 7.08. The maximum Gasteiger partial charge on any atom is 0.325 e. The molecule has 11 nitrogen and oxygen atoms in total. The number of hydrogen-bond acceptors (Lipinski definition) is 7. The molecular weight excluding hydrogens is 370 g/mol. The van der Waals surface area contributed by atoms with Crippen LogP contribution in [0, 0.1) is 10.1 Å². The van der Waals surface area contributed by atoms with Crippen molar-refractivity contribution in [2.75, 3.05) is 5.32 Å². The third-order valence-corrected chi connectivity index (χ3v) is 3.42. The molecular formula is C17H13N5O6. The van der Waals surface area contributed by atoms with Gasteiger partial charge in [0.1, 0.15) is 18.0 Å². The maximum absolute atomic E-state index is 12.3. The second-order valence-corrected chi connectivity index (χ2v) is 5.54. The Morgan fingerprint density at radius 3 is 2.75 bits per heavy atom. The molecule has 0 aliphatic heterocycles. The van der Waals surface area contributed by atoms with Gasteiger partial charge in [-0.05, 0) is 12.1 Å². The number of nitro benzene ring substituents is 1.